The first-order valence-electron chi connectivity index (χ1n) is 8.06. The molecule has 1 rings (SSSR count). The van der Waals surface area contributed by atoms with Crippen molar-refractivity contribution in [2.24, 2.45) is 0 Å². The van der Waals surface area contributed by atoms with Crippen molar-refractivity contribution in [3.63, 3.8) is 0 Å². The van der Waals surface area contributed by atoms with Crippen LogP contribution in [0.4, 0.5) is 17.1 Å². The van der Waals surface area contributed by atoms with Gasteiger partial charge in [0.15, 0.2) is 0 Å². The van der Waals surface area contributed by atoms with Crippen LogP contribution < -0.4 is 5.32 Å². The maximum atomic E-state index is 11.0. The van der Waals surface area contributed by atoms with Crippen molar-refractivity contribution in [3.05, 3.63) is 38.4 Å². The molecule has 0 heterocycles. The molecule has 0 bridgehead atoms. The van der Waals surface area contributed by atoms with Gasteiger partial charge in [-0.25, -0.2) is 0 Å². The summed E-state index contributed by atoms with van der Waals surface area (Å²) < 4.78 is 10.2. The molecule has 0 aliphatic rings. The minimum Gasteiger partial charge on any atom is -0.394 e. The summed E-state index contributed by atoms with van der Waals surface area (Å²) in [5, 5.41) is 42.8. The molecule has 26 heavy (non-hydrogen) atoms. The van der Waals surface area contributed by atoms with E-state index in [1.54, 1.807) is 0 Å². The maximum absolute atomic E-state index is 11.0. The van der Waals surface area contributed by atoms with Crippen LogP contribution in [0.15, 0.2) is 18.2 Å². The number of benzene rings is 1. The summed E-state index contributed by atoms with van der Waals surface area (Å²) in [5.41, 5.74) is -0.531. The third-order valence-corrected chi connectivity index (χ3v) is 3.34. The first-order chi connectivity index (χ1) is 12.5. The summed E-state index contributed by atoms with van der Waals surface area (Å²) in [5.74, 6) is 0. The Kier molecular flexibility index (Phi) is 10.1. The number of hydrogen-bond acceptors (Lipinski definition) is 9. The van der Waals surface area contributed by atoms with E-state index in [0.717, 1.165) is 6.07 Å². The largest absolute Gasteiger partial charge is 0.394 e. The third-order valence-electron chi connectivity index (χ3n) is 3.34. The second-order valence-electron chi connectivity index (χ2n) is 5.35. The van der Waals surface area contributed by atoms with E-state index in [-0.39, 0.29) is 36.9 Å². The van der Waals surface area contributed by atoms with Crippen molar-refractivity contribution in [1.82, 2.24) is 0 Å². The van der Waals surface area contributed by atoms with Crippen molar-refractivity contribution < 1.29 is 29.5 Å². The molecule has 3 N–H and O–H groups in total. The van der Waals surface area contributed by atoms with Crippen molar-refractivity contribution in [2.75, 3.05) is 44.9 Å². The van der Waals surface area contributed by atoms with Crippen LogP contribution in [-0.4, -0.2) is 65.7 Å². The Morgan fingerprint density at radius 1 is 1.12 bits per heavy atom. The Bertz CT molecular complexity index is 584. The molecule has 1 aromatic carbocycles. The van der Waals surface area contributed by atoms with Crippen molar-refractivity contribution in [1.29, 1.82) is 0 Å². The number of nitrogens with one attached hydrogen (secondary N) is 1. The molecule has 11 heteroatoms. The highest BCUT2D eigenvalue weighted by atomic mass is 16.6. The van der Waals surface area contributed by atoms with E-state index in [1.807, 2.05) is 0 Å². The minimum atomic E-state index is -0.692. The molecule has 0 amide bonds. The van der Waals surface area contributed by atoms with E-state index in [4.69, 9.17) is 14.6 Å². The highest BCUT2D eigenvalue weighted by molar-refractivity contribution is 5.65. The van der Waals surface area contributed by atoms with Gasteiger partial charge in [0.25, 0.3) is 11.4 Å². The zero-order valence-electron chi connectivity index (χ0n) is 14.2. The Labute approximate surface area is 149 Å². The molecule has 0 aliphatic heterocycles. The summed E-state index contributed by atoms with van der Waals surface area (Å²) >= 11 is 0. The van der Waals surface area contributed by atoms with Gasteiger partial charge in [0, 0.05) is 12.6 Å². The standard InChI is InChI=1S/C15H23N3O8/c19-6-7-25-8-9-26-11-13(20)2-1-5-16-14-4-3-12(17(21)22)10-15(14)18(23)24/h3-4,10,13,16,19-20H,1-2,5-9,11H2. The molecule has 1 unspecified atom stereocenters. The first kappa shape index (κ1) is 21.7. The highest BCUT2D eigenvalue weighted by Gasteiger charge is 2.19. The van der Waals surface area contributed by atoms with Crippen LogP contribution in [0.2, 0.25) is 0 Å². The minimum absolute atomic E-state index is 0.0530. The molecule has 0 aliphatic carbocycles. The quantitative estimate of drug-likeness (QED) is 0.246. The van der Waals surface area contributed by atoms with Gasteiger partial charge >= 0.3 is 0 Å². The second-order valence-corrected chi connectivity index (χ2v) is 5.35. The lowest BCUT2D eigenvalue weighted by atomic mass is 10.2. The van der Waals surface area contributed by atoms with Crippen LogP contribution in [0.5, 0.6) is 0 Å². The average Bonchev–Trinajstić information content (AvgIpc) is 2.61. The molecule has 0 fully saturated rings. The van der Waals surface area contributed by atoms with Gasteiger partial charge in [0.1, 0.15) is 5.69 Å². The SMILES string of the molecule is O=[N+]([O-])c1ccc(NCCCC(O)COCCOCCO)c([N+](=O)[O-])c1. The van der Waals surface area contributed by atoms with Crippen LogP contribution >= 0.6 is 0 Å². The number of hydrogen-bond donors (Lipinski definition) is 3. The number of rotatable bonds is 14. The normalized spacial score (nSPS) is 11.9. The van der Waals surface area contributed by atoms with Gasteiger partial charge in [-0.3, -0.25) is 20.2 Å². The number of aliphatic hydroxyl groups is 2. The van der Waals surface area contributed by atoms with Crippen LogP contribution in [0, 0.1) is 20.2 Å². The molecule has 1 aromatic rings. The van der Waals surface area contributed by atoms with Crippen LogP contribution in [0.25, 0.3) is 0 Å². The van der Waals surface area contributed by atoms with E-state index in [9.17, 15) is 25.3 Å². The number of anilines is 1. The Morgan fingerprint density at radius 3 is 2.50 bits per heavy atom. The van der Waals surface area contributed by atoms with Crippen molar-refractivity contribution in [3.8, 4) is 0 Å². The summed E-state index contributed by atoms with van der Waals surface area (Å²) in [7, 11) is 0. The average molecular weight is 373 g/mol. The number of aliphatic hydroxyl groups excluding tert-OH is 2. The fourth-order valence-electron chi connectivity index (χ4n) is 2.08. The molecule has 0 saturated heterocycles. The van der Waals surface area contributed by atoms with Crippen LogP contribution in [-0.2, 0) is 9.47 Å². The lowest BCUT2D eigenvalue weighted by Crippen LogP contribution is -2.19. The van der Waals surface area contributed by atoms with E-state index in [0.29, 0.717) is 32.6 Å². The van der Waals surface area contributed by atoms with Crippen molar-refractivity contribution in [2.45, 2.75) is 18.9 Å². The Balaban J connectivity index is 2.30. The fraction of sp³-hybridized carbons (Fsp3) is 0.600. The number of nitrogens with zero attached hydrogens (tertiary/aromatic N) is 2. The van der Waals surface area contributed by atoms with Gasteiger partial charge in [-0.15, -0.1) is 0 Å². The van der Waals surface area contributed by atoms with Gasteiger partial charge in [0.05, 0.1) is 55.1 Å². The molecule has 146 valence electrons. The maximum Gasteiger partial charge on any atom is 0.299 e. The molecule has 0 radical (unpaired) electrons. The van der Waals surface area contributed by atoms with Gasteiger partial charge < -0.3 is 25.0 Å². The van der Waals surface area contributed by atoms with Gasteiger partial charge in [0.2, 0.25) is 0 Å². The number of nitro benzene ring substituents is 2. The van der Waals surface area contributed by atoms with Gasteiger partial charge in [-0.2, -0.15) is 0 Å². The monoisotopic (exact) mass is 373 g/mol. The zero-order valence-corrected chi connectivity index (χ0v) is 14.2. The number of non-ortho nitro benzene ring substituents is 1. The Hall–Kier alpha value is -2.34. The molecule has 0 aromatic heterocycles. The molecule has 0 spiro atoms. The predicted octanol–water partition coefficient (Wildman–Crippen LogP) is 1.08. The van der Waals surface area contributed by atoms with E-state index in [2.05, 4.69) is 5.32 Å². The topological polar surface area (TPSA) is 157 Å². The lowest BCUT2D eigenvalue weighted by Gasteiger charge is -2.12. The Morgan fingerprint density at radius 2 is 1.85 bits per heavy atom. The molecule has 0 saturated carbocycles. The molecular formula is C15H23N3O8. The third kappa shape index (κ3) is 8.16. The van der Waals surface area contributed by atoms with E-state index >= 15 is 0 Å². The summed E-state index contributed by atoms with van der Waals surface area (Å²) in [6.45, 7) is 1.33. The smallest absolute Gasteiger partial charge is 0.299 e. The number of nitro groups is 2. The van der Waals surface area contributed by atoms with E-state index < -0.39 is 16.0 Å². The van der Waals surface area contributed by atoms with Gasteiger partial charge in [-0.05, 0) is 18.9 Å². The molecular weight excluding hydrogens is 350 g/mol. The van der Waals surface area contributed by atoms with Crippen LogP contribution in [0.1, 0.15) is 12.8 Å². The number of ether oxygens (including phenoxy) is 2. The highest BCUT2D eigenvalue weighted by Crippen LogP contribution is 2.28. The van der Waals surface area contributed by atoms with Gasteiger partial charge in [-0.1, -0.05) is 0 Å². The van der Waals surface area contributed by atoms with Crippen LogP contribution in [0.3, 0.4) is 0 Å². The van der Waals surface area contributed by atoms with Crippen molar-refractivity contribution >= 4 is 17.1 Å². The van der Waals surface area contributed by atoms with E-state index in [1.165, 1.54) is 12.1 Å². The summed E-state index contributed by atoms with van der Waals surface area (Å²) in [6, 6.07) is 3.39. The first-order valence-corrected chi connectivity index (χ1v) is 8.06. The predicted molar refractivity (Wildman–Crippen MR) is 92.2 cm³/mol. The lowest BCUT2D eigenvalue weighted by molar-refractivity contribution is -0.393. The molecule has 11 nitrogen and oxygen atoms in total. The fourth-order valence-corrected chi connectivity index (χ4v) is 2.08. The summed E-state index contributed by atoms with van der Waals surface area (Å²) in [4.78, 5) is 20.3. The summed E-state index contributed by atoms with van der Waals surface area (Å²) in [6.07, 6.45) is 0.270. The second kappa shape index (κ2) is 12.1. The zero-order chi connectivity index (χ0) is 19.4. The molecule has 1 atom stereocenters.